The summed E-state index contributed by atoms with van der Waals surface area (Å²) in [6.07, 6.45) is 7.28. The molecule has 1 rings (SSSR count). The van der Waals surface area contributed by atoms with E-state index in [9.17, 15) is 0 Å². The molecule has 0 aromatic carbocycles. The molecule has 1 fully saturated rings. The van der Waals surface area contributed by atoms with Crippen molar-refractivity contribution in [1.82, 2.24) is 0 Å². The fraction of sp³-hybridized carbons (Fsp3) is 0.500. The van der Waals surface area contributed by atoms with Gasteiger partial charge in [-0.15, -0.1) is 0 Å². The van der Waals surface area contributed by atoms with E-state index in [4.69, 9.17) is 4.74 Å². The highest BCUT2D eigenvalue weighted by Crippen LogP contribution is 2.15. The number of rotatable bonds is 1. The molecule has 0 bridgehead atoms. The molecular weight excluding hydrogens is 112 g/mol. The second-order valence-electron chi connectivity index (χ2n) is 2.17. The van der Waals surface area contributed by atoms with Crippen LogP contribution in [0.1, 0.15) is 19.3 Å². The largest absolute Gasteiger partial charge is 0.498 e. The molecule has 1 heterocycles. The van der Waals surface area contributed by atoms with Crippen LogP contribution < -0.4 is 0 Å². The summed E-state index contributed by atoms with van der Waals surface area (Å²) in [5.74, 6) is 1.09. The van der Waals surface area contributed by atoms with Crippen molar-refractivity contribution >= 4 is 0 Å². The van der Waals surface area contributed by atoms with Crippen molar-refractivity contribution < 1.29 is 4.74 Å². The second kappa shape index (κ2) is 3.33. The quantitative estimate of drug-likeness (QED) is 0.521. The molecule has 0 N–H and O–H groups in total. The first-order chi connectivity index (χ1) is 4.43. The molecule has 0 atom stereocenters. The molecule has 9 heavy (non-hydrogen) atoms. The number of hydrogen-bond donors (Lipinski definition) is 0. The number of ether oxygens (including phenoxy) is 1. The summed E-state index contributed by atoms with van der Waals surface area (Å²) >= 11 is 0. The SMILES string of the molecule is C=C/C=C1\CCCCO1. The molecule has 1 saturated heterocycles. The van der Waals surface area contributed by atoms with E-state index in [1.807, 2.05) is 6.08 Å². The van der Waals surface area contributed by atoms with Crippen LogP contribution in [0.2, 0.25) is 0 Å². The summed E-state index contributed by atoms with van der Waals surface area (Å²) in [5.41, 5.74) is 0. The second-order valence-corrected chi connectivity index (χ2v) is 2.17. The van der Waals surface area contributed by atoms with Crippen LogP contribution in [0, 0.1) is 0 Å². The Labute approximate surface area is 56.0 Å². The molecule has 1 aliphatic heterocycles. The molecule has 0 unspecified atom stereocenters. The Hall–Kier alpha value is -0.720. The van der Waals surface area contributed by atoms with Crippen LogP contribution >= 0.6 is 0 Å². The molecule has 1 aliphatic rings. The van der Waals surface area contributed by atoms with Crippen molar-refractivity contribution in [3.63, 3.8) is 0 Å². The van der Waals surface area contributed by atoms with Gasteiger partial charge in [0, 0.05) is 6.42 Å². The van der Waals surface area contributed by atoms with E-state index >= 15 is 0 Å². The first kappa shape index (κ1) is 6.40. The highest BCUT2D eigenvalue weighted by Gasteiger charge is 2.03. The van der Waals surface area contributed by atoms with Gasteiger partial charge in [-0.05, 0) is 18.9 Å². The average Bonchev–Trinajstić information content (AvgIpc) is 1.91. The van der Waals surface area contributed by atoms with Crippen LogP contribution in [0.15, 0.2) is 24.5 Å². The van der Waals surface area contributed by atoms with E-state index in [1.54, 1.807) is 6.08 Å². The minimum Gasteiger partial charge on any atom is -0.498 e. The van der Waals surface area contributed by atoms with Crippen LogP contribution in [0.3, 0.4) is 0 Å². The fourth-order valence-electron chi connectivity index (χ4n) is 0.940. The standard InChI is InChI=1S/C8H12O/c1-2-5-8-6-3-4-7-9-8/h2,5H,1,3-4,6-7H2/b8-5+. The first-order valence-electron chi connectivity index (χ1n) is 3.38. The van der Waals surface area contributed by atoms with Gasteiger partial charge in [0.1, 0.15) is 0 Å². The molecule has 0 aromatic heterocycles. The molecular formula is C8H12O. The molecule has 0 saturated carbocycles. The highest BCUT2D eigenvalue weighted by atomic mass is 16.5. The summed E-state index contributed by atoms with van der Waals surface area (Å²) in [5, 5.41) is 0. The first-order valence-corrected chi connectivity index (χ1v) is 3.38. The smallest absolute Gasteiger partial charge is 0.0959 e. The molecule has 0 amide bonds. The van der Waals surface area contributed by atoms with Gasteiger partial charge in [-0.2, -0.15) is 0 Å². The zero-order chi connectivity index (χ0) is 6.53. The molecule has 0 spiro atoms. The van der Waals surface area contributed by atoms with Gasteiger partial charge in [-0.1, -0.05) is 12.7 Å². The van der Waals surface area contributed by atoms with Crippen LogP contribution in [0.25, 0.3) is 0 Å². The van der Waals surface area contributed by atoms with Crippen molar-refractivity contribution in [1.29, 1.82) is 0 Å². The lowest BCUT2D eigenvalue weighted by atomic mass is 10.2. The van der Waals surface area contributed by atoms with Crippen LogP contribution in [0.4, 0.5) is 0 Å². The Balaban J connectivity index is 2.39. The van der Waals surface area contributed by atoms with Crippen molar-refractivity contribution in [3.8, 4) is 0 Å². The molecule has 0 radical (unpaired) electrons. The monoisotopic (exact) mass is 124 g/mol. The van der Waals surface area contributed by atoms with Crippen molar-refractivity contribution in [2.24, 2.45) is 0 Å². The van der Waals surface area contributed by atoms with Gasteiger partial charge in [-0.3, -0.25) is 0 Å². The maximum atomic E-state index is 5.31. The fourth-order valence-corrected chi connectivity index (χ4v) is 0.940. The lowest BCUT2D eigenvalue weighted by Gasteiger charge is -2.14. The molecule has 1 nitrogen and oxygen atoms in total. The van der Waals surface area contributed by atoms with Crippen LogP contribution in [-0.4, -0.2) is 6.61 Å². The third kappa shape index (κ3) is 1.92. The lowest BCUT2D eigenvalue weighted by Crippen LogP contribution is -2.01. The lowest BCUT2D eigenvalue weighted by molar-refractivity contribution is 0.166. The van der Waals surface area contributed by atoms with E-state index < -0.39 is 0 Å². The highest BCUT2D eigenvalue weighted by molar-refractivity contribution is 5.05. The predicted octanol–water partition coefficient (Wildman–Crippen LogP) is 2.26. The minimum absolute atomic E-state index is 0.889. The van der Waals surface area contributed by atoms with Gasteiger partial charge >= 0.3 is 0 Å². The summed E-state index contributed by atoms with van der Waals surface area (Å²) in [7, 11) is 0. The average molecular weight is 124 g/mol. The Morgan fingerprint density at radius 1 is 1.44 bits per heavy atom. The van der Waals surface area contributed by atoms with E-state index in [1.165, 1.54) is 12.8 Å². The topological polar surface area (TPSA) is 9.23 Å². The summed E-state index contributed by atoms with van der Waals surface area (Å²) in [6.45, 7) is 4.49. The summed E-state index contributed by atoms with van der Waals surface area (Å²) in [4.78, 5) is 0. The molecule has 1 heteroatoms. The van der Waals surface area contributed by atoms with E-state index in [2.05, 4.69) is 6.58 Å². The third-order valence-corrected chi connectivity index (χ3v) is 1.41. The summed E-state index contributed by atoms with van der Waals surface area (Å²) < 4.78 is 5.31. The van der Waals surface area contributed by atoms with Crippen LogP contribution in [-0.2, 0) is 4.74 Å². The summed E-state index contributed by atoms with van der Waals surface area (Å²) in [6, 6.07) is 0. The van der Waals surface area contributed by atoms with Crippen molar-refractivity contribution in [2.75, 3.05) is 6.61 Å². The Bertz CT molecular complexity index is 117. The van der Waals surface area contributed by atoms with Crippen LogP contribution in [0.5, 0.6) is 0 Å². The Kier molecular flexibility index (Phi) is 2.37. The van der Waals surface area contributed by atoms with Crippen molar-refractivity contribution in [3.05, 3.63) is 24.5 Å². The minimum atomic E-state index is 0.889. The molecule has 0 aliphatic carbocycles. The molecule has 0 aromatic rings. The third-order valence-electron chi connectivity index (χ3n) is 1.41. The predicted molar refractivity (Wildman–Crippen MR) is 38.1 cm³/mol. The maximum Gasteiger partial charge on any atom is 0.0959 e. The maximum absolute atomic E-state index is 5.31. The number of hydrogen-bond acceptors (Lipinski definition) is 1. The van der Waals surface area contributed by atoms with E-state index in [0.717, 1.165) is 18.8 Å². The Morgan fingerprint density at radius 2 is 2.33 bits per heavy atom. The zero-order valence-electron chi connectivity index (χ0n) is 5.60. The van der Waals surface area contributed by atoms with Gasteiger partial charge < -0.3 is 4.74 Å². The van der Waals surface area contributed by atoms with Crippen molar-refractivity contribution in [2.45, 2.75) is 19.3 Å². The van der Waals surface area contributed by atoms with E-state index in [-0.39, 0.29) is 0 Å². The molecule has 50 valence electrons. The van der Waals surface area contributed by atoms with Gasteiger partial charge in [0.25, 0.3) is 0 Å². The van der Waals surface area contributed by atoms with Gasteiger partial charge in [-0.25, -0.2) is 0 Å². The zero-order valence-corrected chi connectivity index (χ0v) is 5.60. The van der Waals surface area contributed by atoms with Gasteiger partial charge in [0.05, 0.1) is 12.4 Å². The number of allylic oxidation sites excluding steroid dienone is 3. The van der Waals surface area contributed by atoms with E-state index in [0.29, 0.717) is 0 Å². The van der Waals surface area contributed by atoms with Gasteiger partial charge in [0.2, 0.25) is 0 Å². The van der Waals surface area contributed by atoms with Gasteiger partial charge in [0.15, 0.2) is 0 Å². The normalized spacial score (nSPS) is 23.3. The Morgan fingerprint density at radius 3 is 2.89 bits per heavy atom.